The Labute approximate surface area is 98.8 Å². The van der Waals surface area contributed by atoms with Gasteiger partial charge in [0.15, 0.2) is 0 Å². The highest BCUT2D eigenvalue weighted by molar-refractivity contribution is 6.30. The van der Waals surface area contributed by atoms with Gasteiger partial charge in [0, 0.05) is 19.2 Å². The van der Waals surface area contributed by atoms with E-state index >= 15 is 0 Å². The Morgan fingerprint density at radius 3 is 3.31 bits per heavy atom. The summed E-state index contributed by atoms with van der Waals surface area (Å²) >= 11 is 5.95. The molecule has 3 heterocycles. The van der Waals surface area contributed by atoms with Crippen molar-refractivity contribution in [2.24, 2.45) is 0 Å². The van der Waals surface area contributed by atoms with Gasteiger partial charge in [0.05, 0.1) is 35.7 Å². The number of morpholine rings is 1. The molecular weight excluding hydrogens is 228 g/mol. The number of aromatic nitrogens is 1. The first-order valence-corrected chi connectivity index (χ1v) is 5.81. The molecule has 0 bridgehead atoms. The van der Waals surface area contributed by atoms with E-state index in [2.05, 4.69) is 9.88 Å². The summed E-state index contributed by atoms with van der Waals surface area (Å²) in [6.45, 7) is 2.23. The lowest BCUT2D eigenvalue weighted by Crippen LogP contribution is -2.49. The Kier molecular flexibility index (Phi) is 2.50. The number of aliphatic hydroxyl groups excluding tert-OH is 1. The maximum Gasteiger partial charge on any atom is 0.100 e. The Bertz CT molecular complexity index is 413. The van der Waals surface area contributed by atoms with Gasteiger partial charge in [-0.1, -0.05) is 11.6 Å². The summed E-state index contributed by atoms with van der Waals surface area (Å²) in [5, 5.41) is 10.6. The van der Waals surface area contributed by atoms with Crippen molar-refractivity contribution in [1.82, 2.24) is 4.98 Å². The molecule has 2 unspecified atom stereocenters. The molecule has 5 heteroatoms. The quantitative estimate of drug-likeness (QED) is 0.744. The zero-order valence-electron chi connectivity index (χ0n) is 8.77. The van der Waals surface area contributed by atoms with Gasteiger partial charge in [-0.3, -0.25) is 4.98 Å². The minimum Gasteiger partial charge on any atom is -0.387 e. The lowest BCUT2D eigenvalue weighted by Gasteiger charge is -2.42. The molecule has 2 aliphatic heterocycles. The summed E-state index contributed by atoms with van der Waals surface area (Å²) < 4.78 is 5.43. The highest BCUT2D eigenvalue weighted by atomic mass is 35.5. The maximum absolute atomic E-state index is 10.0. The van der Waals surface area contributed by atoms with Gasteiger partial charge in [0.25, 0.3) is 0 Å². The number of anilines is 1. The van der Waals surface area contributed by atoms with Gasteiger partial charge in [-0.15, -0.1) is 0 Å². The van der Waals surface area contributed by atoms with Crippen LogP contribution in [-0.2, 0) is 4.74 Å². The Morgan fingerprint density at radius 1 is 1.56 bits per heavy atom. The SMILES string of the molecule is OC1CC2COCCN2c2cc(Cl)cnc21. The largest absolute Gasteiger partial charge is 0.387 e. The van der Waals surface area contributed by atoms with Gasteiger partial charge < -0.3 is 14.7 Å². The Hall–Kier alpha value is -0.840. The zero-order chi connectivity index (χ0) is 11.1. The van der Waals surface area contributed by atoms with E-state index in [0.717, 1.165) is 24.5 Å². The van der Waals surface area contributed by atoms with Crippen LogP contribution in [0.3, 0.4) is 0 Å². The van der Waals surface area contributed by atoms with E-state index in [1.165, 1.54) is 0 Å². The molecule has 1 saturated heterocycles. The van der Waals surface area contributed by atoms with Gasteiger partial charge in [-0.25, -0.2) is 0 Å². The zero-order valence-corrected chi connectivity index (χ0v) is 9.52. The van der Waals surface area contributed by atoms with E-state index in [1.54, 1.807) is 6.20 Å². The normalized spacial score (nSPS) is 28.5. The van der Waals surface area contributed by atoms with Crippen molar-refractivity contribution in [3.05, 3.63) is 23.0 Å². The number of hydrogen-bond donors (Lipinski definition) is 1. The van der Waals surface area contributed by atoms with E-state index in [4.69, 9.17) is 16.3 Å². The first-order valence-electron chi connectivity index (χ1n) is 5.43. The molecule has 0 amide bonds. The van der Waals surface area contributed by atoms with Gasteiger partial charge in [-0.05, 0) is 6.07 Å². The fourth-order valence-corrected chi connectivity index (χ4v) is 2.61. The fourth-order valence-electron chi connectivity index (χ4n) is 2.46. The third kappa shape index (κ3) is 1.57. The first kappa shape index (κ1) is 10.3. The molecule has 0 aliphatic carbocycles. The van der Waals surface area contributed by atoms with E-state index in [0.29, 0.717) is 18.1 Å². The van der Waals surface area contributed by atoms with E-state index in [9.17, 15) is 5.11 Å². The van der Waals surface area contributed by atoms with Crippen LogP contribution in [0.4, 0.5) is 5.69 Å². The third-order valence-corrected chi connectivity index (χ3v) is 3.42. The van der Waals surface area contributed by atoms with E-state index < -0.39 is 6.10 Å². The molecule has 1 fully saturated rings. The maximum atomic E-state index is 10.0. The smallest absolute Gasteiger partial charge is 0.100 e. The second kappa shape index (κ2) is 3.87. The average molecular weight is 241 g/mol. The molecule has 2 atom stereocenters. The number of pyridine rings is 1. The van der Waals surface area contributed by atoms with E-state index in [-0.39, 0.29) is 6.04 Å². The van der Waals surface area contributed by atoms with Crippen molar-refractivity contribution in [2.75, 3.05) is 24.7 Å². The molecule has 0 aromatic carbocycles. The molecular formula is C11H13ClN2O2. The minimum atomic E-state index is -0.504. The number of aliphatic hydroxyl groups is 1. The van der Waals surface area contributed by atoms with Gasteiger partial charge in [0.1, 0.15) is 6.10 Å². The number of nitrogens with zero attached hydrogens (tertiary/aromatic N) is 2. The summed E-state index contributed by atoms with van der Waals surface area (Å²) in [7, 11) is 0. The van der Waals surface area contributed by atoms with Crippen molar-refractivity contribution in [2.45, 2.75) is 18.6 Å². The van der Waals surface area contributed by atoms with Crippen LogP contribution in [0.2, 0.25) is 5.02 Å². The van der Waals surface area contributed by atoms with Crippen LogP contribution in [-0.4, -0.2) is 35.9 Å². The molecule has 86 valence electrons. The van der Waals surface area contributed by atoms with Crippen LogP contribution in [0.1, 0.15) is 18.2 Å². The van der Waals surface area contributed by atoms with Gasteiger partial charge >= 0.3 is 0 Å². The summed E-state index contributed by atoms with van der Waals surface area (Å²) in [6, 6.07) is 2.13. The van der Waals surface area contributed by atoms with Gasteiger partial charge in [-0.2, -0.15) is 0 Å². The first-order chi connectivity index (χ1) is 7.75. The molecule has 1 aromatic rings. The van der Waals surface area contributed by atoms with E-state index in [1.807, 2.05) is 6.07 Å². The second-order valence-corrected chi connectivity index (χ2v) is 4.67. The summed E-state index contributed by atoms with van der Waals surface area (Å²) in [6.07, 6.45) is 1.77. The topological polar surface area (TPSA) is 45.6 Å². The highest BCUT2D eigenvalue weighted by Crippen LogP contribution is 2.37. The van der Waals surface area contributed by atoms with Crippen molar-refractivity contribution in [3.63, 3.8) is 0 Å². The number of fused-ring (bicyclic) bond motifs is 3. The lowest BCUT2D eigenvalue weighted by atomic mass is 9.97. The summed E-state index contributed by atoms with van der Waals surface area (Å²) in [4.78, 5) is 6.47. The van der Waals surface area contributed by atoms with Crippen LogP contribution in [0.5, 0.6) is 0 Å². The average Bonchev–Trinajstić information content (AvgIpc) is 2.29. The van der Waals surface area contributed by atoms with Gasteiger partial charge in [0.2, 0.25) is 0 Å². The Morgan fingerprint density at radius 2 is 2.44 bits per heavy atom. The number of rotatable bonds is 0. The molecule has 3 rings (SSSR count). The standard InChI is InChI=1S/C11H13ClN2O2/c12-7-3-9-11(13-5-7)10(15)4-8-6-16-2-1-14(8)9/h3,5,8,10,15H,1-2,4,6H2. The molecule has 1 N–H and O–H groups in total. The second-order valence-electron chi connectivity index (χ2n) is 4.23. The molecule has 4 nitrogen and oxygen atoms in total. The minimum absolute atomic E-state index is 0.247. The Balaban J connectivity index is 2.05. The monoisotopic (exact) mass is 240 g/mol. The summed E-state index contributed by atoms with van der Waals surface area (Å²) in [5.74, 6) is 0. The molecule has 2 aliphatic rings. The molecule has 16 heavy (non-hydrogen) atoms. The number of hydrogen-bond acceptors (Lipinski definition) is 4. The van der Waals surface area contributed by atoms with Crippen LogP contribution >= 0.6 is 11.6 Å². The van der Waals surface area contributed by atoms with Crippen molar-refractivity contribution in [3.8, 4) is 0 Å². The fraction of sp³-hybridized carbons (Fsp3) is 0.545. The molecule has 0 spiro atoms. The van der Waals surface area contributed by atoms with Crippen LogP contribution in [0, 0.1) is 0 Å². The van der Waals surface area contributed by atoms with Crippen LogP contribution in [0.15, 0.2) is 12.3 Å². The molecule has 0 radical (unpaired) electrons. The summed E-state index contributed by atoms with van der Waals surface area (Å²) in [5.41, 5.74) is 1.70. The predicted octanol–water partition coefficient (Wildman–Crippen LogP) is 1.38. The number of ether oxygens (including phenoxy) is 1. The van der Waals surface area contributed by atoms with Crippen LogP contribution in [0.25, 0.3) is 0 Å². The number of halogens is 1. The van der Waals surface area contributed by atoms with Crippen molar-refractivity contribution < 1.29 is 9.84 Å². The van der Waals surface area contributed by atoms with Crippen molar-refractivity contribution in [1.29, 1.82) is 0 Å². The highest BCUT2D eigenvalue weighted by Gasteiger charge is 2.34. The molecule has 0 saturated carbocycles. The van der Waals surface area contributed by atoms with Crippen molar-refractivity contribution >= 4 is 17.3 Å². The molecule has 1 aromatic heterocycles. The predicted molar refractivity (Wildman–Crippen MR) is 60.8 cm³/mol. The third-order valence-electron chi connectivity index (χ3n) is 3.21. The van der Waals surface area contributed by atoms with Crippen LogP contribution < -0.4 is 4.90 Å². The lowest BCUT2D eigenvalue weighted by molar-refractivity contribution is 0.0596.